The Hall–Kier alpha value is 0.840. The second-order valence-electron chi connectivity index (χ2n) is 2.28. The highest BCUT2D eigenvalue weighted by Gasteiger charge is 2.85. The first kappa shape index (κ1) is 11.9. The molecule has 13 heavy (non-hydrogen) atoms. The van der Waals surface area contributed by atoms with E-state index in [0.29, 0.717) is 0 Å². The Bertz CT molecular complexity index is 216. The van der Waals surface area contributed by atoms with Crippen LogP contribution in [0, 0.1) is 0 Å². The molecule has 0 aliphatic carbocycles. The summed E-state index contributed by atoms with van der Waals surface area (Å²) < 4.78 is 47.6. The molecule has 1 heterocycles. The standard InChI is InChI=1S/C4Cl4F4O/c5-3(6)1(9,10)2(11,12)4(7,8)13-3. The van der Waals surface area contributed by atoms with Gasteiger partial charge in [0.1, 0.15) is 0 Å². The van der Waals surface area contributed by atoms with Gasteiger partial charge in [-0.1, -0.05) is 46.4 Å². The van der Waals surface area contributed by atoms with Crippen molar-refractivity contribution in [1.82, 2.24) is 0 Å². The lowest BCUT2D eigenvalue weighted by atomic mass is 10.2. The molecule has 0 atom stereocenters. The first-order valence-electron chi connectivity index (χ1n) is 2.67. The highest BCUT2D eigenvalue weighted by atomic mass is 35.5. The summed E-state index contributed by atoms with van der Waals surface area (Å²) in [6.07, 6.45) is 0. The smallest absolute Gasteiger partial charge is 0.300 e. The van der Waals surface area contributed by atoms with E-state index in [9.17, 15) is 17.6 Å². The van der Waals surface area contributed by atoms with Crippen molar-refractivity contribution in [2.24, 2.45) is 0 Å². The summed E-state index contributed by atoms with van der Waals surface area (Å²) in [6, 6.07) is 0. The Labute approximate surface area is 89.8 Å². The van der Waals surface area contributed by atoms with Crippen molar-refractivity contribution >= 4 is 46.4 Å². The van der Waals surface area contributed by atoms with E-state index in [4.69, 9.17) is 46.4 Å². The molecule has 0 aromatic rings. The Kier molecular flexibility index (Phi) is 2.47. The van der Waals surface area contributed by atoms with Crippen LogP contribution in [0.1, 0.15) is 0 Å². The van der Waals surface area contributed by atoms with Crippen LogP contribution in [0.15, 0.2) is 0 Å². The molecule has 1 fully saturated rings. The summed E-state index contributed by atoms with van der Waals surface area (Å²) in [5, 5.41) is 0. The van der Waals surface area contributed by atoms with Crippen LogP contribution in [-0.2, 0) is 4.74 Å². The van der Waals surface area contributed by atoms with Gasteiger partial charge < -0.3 is 0 Å². The van der Waals surface area contributed by atoms with Gasteiger partial charge in [0, 0.05) is 0 Å². The zero-order valence-electron chi connectivity index (χ0n) is 5.43. The normalized spacial score (nSPS) is 33.2. The zero-order chi connectivity index (χ0) is 10.7. The molecule has 1 aliphatic heterocycles. The van der Waals surface area contributed by atoms with Crippen LogP contribution in [0.2, 0.25) is 0 Å². The van der Waals surface area contributed by atoms with Crippen molar-refractivity contribution in [3.05, 3.63) is 0 Å². The Balaban J connectivity index is 3.24. The molecule has 0 radical (unpaired) electrons. The van der Waals surface area contributed by atoms with Crippen LogP contribution >= 0.6 is 46.4 Å². The monoisotopic (exact) mass is 280 g/mol. The third-order valence-corrected chi connectivity index (χ3v) is 2.64. The minimum Gasteiger partial charge on any atom is -0.300 e. The molecule has 1 nitrogen and oxygen atoms in total. The maximum absolute atomic E-state index is 12.7. The molecule has 0 saturated carbocycles. The lowest BCUT2D eigenvalue weighted by Crippen LogP contribution is -2.49. The summed E-state index contributed by atoms with van der Waals surface area (Å²) in [7, 11) is 0. The predicted octanol–water partition coefficient (Wildman–Crippen LogP) is 3.55. The number of halogens is 8. The van der Waals surface area contributed by atoms with Crippen LogP contribution in [0.4, 0.5) is 17.6 Å². The fraction of sp³-hybridized carbons (Fsp3) is 1.00. The molecular formula is C4Cl4F4O. The van der Waals surface area contributed by atoms with Crippen LogP contribution in [-0.4, -0.2) is 20.9 Å². The van der Waals surface area contributed by atoms with Gasteiger partial charge in [-0.25, -0.2) is 0 Å². The average Bonchev–Trinajstić information content (AvgIpc) is 1.88. The van der Waals surface area contributed by atoms with Crippen LogP contribution in [0.5, 0.6) is 0 Å². The van der Waals surface area contributed by atoms with Crippen molar-refractivity contribution in [2.75, 3.05) is 0 Å². The van der Waals surface area contributed by atoms with Gasteiger partial charge in [-0.15, -0.1) is 0 Å². The summed E-state index contributed by atoms with van der Waals surface area (Å²) in [4.78, 5) is 0. The predicted molar refractivity (Wildman–Crippen MR) is 39.9 cm³/mol. The van der Waals surface area contributed by atoms with Crippen molar-refractivity contribution in [1.29, 1.82) is 0 Å². The molecule has 0 spiro atoms. The number of rotatable bonds is 0. The Morgan fingerprint density at radius 1 is 0.692 bits per heavy atom. The molecule has 0 N–H and O–H groups in total. The van der Waals surface area contributed by atoms with Gasteiger partial charge in [0.2, 0.25) is 0 Å². The van der Waals surface area contributed by atoms with Crippen molar-refractivity contribution in [3.63, 3.8) is 0 Å². The quantitative estimate of drug-likeness (QED) is 0.487. The minimum absolute atomic E-state index is 3.44. The molecule has 1 rings (SSSR count). The van der Waals surface area contributed by atoms with Gasteiger partial charge >= 0.3 is 11.8 Å². The molecule has 0 aromatic carbocycles. The van der Waals surface area contributed by atoms with E-state index in [-0.39, 0.29) is 0 Å². The molecule has 0 bridgehead atoms. The van der Waals surface area contributed by atoms with Gasteiger partial charge in [-0.3, -0.25) is 4.74 Å². The zero-order valence-corrected chi connectivity index (χ0v) is 8.46. The second-order valence-corrected chi connectivity index (χ2v) is 4.80. The number of alkyl halides is 8. The van der Waals surface area contributed by atoms with E-state index < -0.39 is 20.9 Å². The van der Waals surface area contributed by atoms with E-state index in [2.05, 4.69) is 4.74 Å². The largest absolute Gasteiger partial charge is 0.372 e. The lowest BCUT2D eigenvalue weighted by molar-refractivity contribution is -0.191. The third-order valence-electron chi connectivity index (χ3n) is 1.38. The van der Waals surface area contributed by atoms with Gasteiger partial charge in [0.25, 0.3) is 9.04 Å². The fourth-order valence-electron chi connectivity index (χ4n) is 0.655. The molecule has 78 valence electrons. The fourth-order valence-corrected chi connectivity index (χ4v) is 1.75. The summed E-state index contributed by atoms with van der Waals surface area (Å²) in [6.45, 7) is 0. The summed E-state index contributed by atoms with van der Waals surface area (Å²) in [5.41, 5.74) is 0. The molecule has 9 heteroatoms. The molecule has 0 aromatic heterocycles. The Morgan fingerprint density at radius 2 is 0.923 bits per heavy atom. The van der Waals surface area contributed by atoms with E-state index in [1.807, 2.05) is 0 Å². The first-order chi connectivity index (χ1) is 5.46. The van der Waals surface area contributed by atoms with Crippen molar-refractivity contribution in [3.8, 4) is 0 Å². The van der Waals surface area contributed by atoms with Crippen LogP contribution in [0.25, 0.3) is 0 Å². The molecule has 0 unspecified atom stereocenters. The molecule has 0 amide bonds. The van der Waals surface area contributed by atoms with Crippen molar-refractivity contribution in [2.45, 2.75) is 20.9 Å². The molecule has 1 saturated heterocycles. The van der Waals surface area contributed by atoms with E-state index in [1.54, 1.807) is 0 Å². The van der Waals surface area contributed by atoms with E-state index >= 15 is 0 Å². The number of hydrogen-bond donors (Lipinski definition) is 0. The summed E-state index contributed by atoms with van der Waals surface area (Å²) >= 11 is 19.1. The Morgan fingerprint density at radius 3 is 1.00 bits per heavy atom. The van der Waals surface area contributed by atoms with Crippen molar-refractivity contribution < 1.29 is 22.3 Å². The molecular weight excluding hydrogens is 282 g/mol. The lowest BCUT2D eigenvalue weighted by Gasteiger charge is -2.23. The van der Waals surface area contributed by atoms with Gasteiger partial charge in [-0.05, 0) is 0 Å². The summed E-state index contributed by atoms with van der Waals surface area (Å²) in [5.74, 6) is -9.74. The van der Waals surface area contributed by atoms with Gasteiger partial charge in [-0.2, -0.15) is 17.6 Å². The second kappa shape index (κ2) is 2.70. The van der Waals surface area contributed by atoms with E-state index in [1.165, 1.54) is 0 Å². The number of hydrogen-bond acceptors (Lipinski definition) is 1. The number of ether oxygens (including phenoxy) is 1. The highest BCUT2D eigenvalue weighted by Crippen LogP contribution is 2.64. The maximum atomic E-state index is 12.7. The van der Waals surface area contributed by atoms with E-state index in [0.717, 1.165) is 0 Å². The van der Waals surface area contributed by atoms with Gasteiger partial charge in [0.05, 0.1) is 0 Å². The first-order valence-corrected chi connectivity index (χ1v) is 4.18. The topological polar surface area (TPSA) is 9.23 Å². The van der Waals surface area contributed by atoms with Crippen LogP contribution < -0.4 is 0 Å². The molecule has 1 aliphatic rings. The third kappa shape index (κ3) is 1.32. The highest BCUT2D eigenvalue weighted by molar-refractivity contribution is 6.52. The van der Waals surface area contributed by atoms with Gasteiger partial charge in [0.15, 0.2) is 0 Å². The van der Waals surface area contributed by atoms with Crippen LogP contribution in [0.3, 0.4) is 0 Å². The maximum Gasteiger partial charge on any atom is 0.372 e. The minimum atomic E-state index is -4.87. The SMILES string of the molecule is FC1(F)C(Cl)(Cl)OC(Cl)(Cl)C1(F)F. The average molecular weight is 282 g/mol.